The molecule has 1 unspecified atom stereocenters. The van der Waals surface area contributed by atoms with E-state index in [0.717, 1.165) is 0 Å². The predicted molar refractivity (Wildman–Crippen MR) is 93.1 cm³/mol. The fourth-order valence-corrected chi connectivity index (χ4v) is 2.70. The summed E-state index contributed by atoms with van der Waals surface area (Å²) in [5.74, 6) is -0.452. The molecule has 0 aliphatic heterocycles. The molecule has 6 nitrogen and oxygen atoms in total. The van der Waals surface area contributed by atoms with Crippen LogP contribution in [0.25, 0.3) is 11.0 Å². The van der Waals surface area contributed by atoms with Crippen LogP contribution in [0, 0.1) is 12.8 Å². The van der Waals surface area contributed by atoms with Gasteiger partial charge in [-0.05, 0) is 43.9 Å². The van der Waals surface area contributed by atoms with Crippen LogP contribution < -0.4 is 10.4 Å². The van der Waals surface area contributed by atoms with E-state index in [9.17, 15) is 14.4 Å². The van der Waals surface area contributed by atoms with Gasteiger partial charge in [-0.1, -0.05) is 13.8 Å². The van der Waals surface area contributed by atoms with Gasteiger partial charge in [0.1, 0.15) is 11.3 Å². The first-order valence-corrected chi connectivity index (χ1v) is 8.07. The Morgan fingerprint density at radius 1 is 1.24 bits per heavy atom. The molecule has 0 radical (unpaired) electrons. The SMILES string of the molecule is COC(=O)C(CC(C)C)Oc1ccc2c(C)cc(=O)oc2c1C(C)=O. The van der Waals surface area contributed by atoms with Crippen molar-refractivity contribution in [2.45, 2.75) is 40.2 Å². The van der Waals surface area contributed by atoms with Gasteiger partial charge >= 0.3 is 11.6 Å². The Labute approximate surface area is 145 Å². The molecule has 2 aromatic rings. The summed E-state index contributed by atoms with van der Waals surface area (Å²) in [6.07, 6.45) is -0.420. The molecule has 1 aromatic carbocycles. The number of rotatable bonds is 6. The van der Waals surface area contributed by atoms with Crippen molar-refractivity contribution in [3.8, 4) is 5.75 Å². The van der Waals surface area contributed by atoms with Crippen LogP contribution in [0.3, 0.4) is 0 Å². The molecule has 6 heteroatoms. The minimum atomic E-state index is -0.850. The molecule has 0 fully saturated rings. The minimum Gasteiger partial charge on any atom is -0.478 e. The number of carbonyl (C=O) groups is 2. The number of methoxy groups -OCH3 is 1. The van der Waals surface area contributed by atoms with E-state index in [1.807, 2.05) is 13.8 Å². The van der Waals surface area contributed by atoms with Crippen molar-refractivity contribution in [2.24, 2.45) is 5.92 Å². The molecule has 0 spiro atoms. The van der Waals surface area contributed by atoms with Crippen LogP contribution in [0.5, 0.6) is 5.75 Å². The summed E-state index contributed by atoms with van der Waals surface area (Å²) < 4.78 is 15.8. The lowest BCUT2D eigenvalue weighted by Gasteiger charge is -2.20. The standard InChI is InChI=1S/C19H22O6/c1-10(2)8-15(19(22)23-5)24-14-7-6-13-11(3)9-16(21)25-18(13)17(14)12(4)20/h6-7,9-10,15H,8H2,1-5H3. The highest BCUT2D eigenvalue weighted by Crippen LogP contribution is 2.31. The highest BCUT2D eigenvalue weighted by Gasteiger charge is 2.26. The number of Topliss-reactive ketones (excluding diaryl/α,β-unsaturated/α-hetero) is 1. The maximum Gasteiger partial charge on any atom is 0.347 e. The Kier molecular flexibility index (Phi) is 5.62. The van der Waals surface area contributed by atoms with Gasteiger partial charge in [0.2, 0.25) is 0 Å². The van der Waals surface area contributed by atoms with Crippen molar-refractivity contribution in [1.29, 1.82) is 0 Å². The van der Waals surface area contributed by atoms with Crippen molar-refractivity contribution in [3.63, 3.8) is 0 Å². The molecule has 1 atom stereocenters. The molecule has 0 amide bonds. The smallest absolute Gasteiger partial charge is 0.347 e. The van der Waals surface area contributed by atoms with Gasteiger partial charge in [-0.15, -0.1) is 0 Å². The molecular formula is C19H22O6. The van der Waals surface area contributed by atoms with Crippen LogP contribution >= 0.6 is 0 Å². The molecule has 25 heavy (non-hydrogen) atoms. The number of ether oxygens (including phenoxy) is 2. The van der Waals surface area contributed by atoms with Crippen LogP contribution in [-0.2, 0) is 9.53 Å². The zero-order valence-corrected chi connectivity index (χ0v) is 15.0. The van der Waals surface area contributed by atoms with Gasteiger partial charge in [0.15, 0.2) is 17.5 Å². The fraction of sp³-hybridized carbons (Fsp3) is 0.421. The van der Waals surface area contributed by atoms with Crippen molar-refractivity contribution < 1.29 is 23.5 Å². The van der Waals surface area contributed by atoms with Gasteiger partial charge in [0.05, 0.1) is 7.11 Å². The van der Waals surface area contributed by atoms with Gasteiger partial charge in [0, 0.05) is 11.5 Å². The molecule has 0 N–H and O–H groups in total. The average Bonchev–Trinajstić information content (AvgIpc) is 2.51. The van der Waals surface area contributed by atoms with Crippen LogP contribution in [0.4, 0.5) is 0 Å². The summed E-state index contributed by atoms with van der Waals surface area (Å²) in [6.45, 7) is 7.03. The lowest BCUT2D eigenvalue weighted by atomic mass is 10.0. The number of benzene rings is 1. The van der Waals surface area contributed by atoms with Crippen molar-refractivity contribution in [2.75, 3.05) is 7.11 Å². The summed E-state index contributed by atoms with van der Waals surface area (Å²) in [5.41, 5.74) is 0.475. The summed E-state index contributed by atoms with van der Waals surface area (Å²) >= 11 is 0. The van der Waals surface area contributed by atoms with E-state index in [1.54, 1.807) is 19.1 Å². The van der Waals surface area contributed by atoms with Crippen LogP contribution in [0.2, 0.25) is 0 Å². The van der Waals surface area contributed by atoms with Gasteiger partial charge in [-0.3, -0.25) is 4.79 Å². The molecule has 0 aliphatic rings. The first-order valence-electron chi connectivity index (χ1n) is 8.07. The largest absolute Gasteiger partial charge is 0.478 e. The second kappa shape index (κ2) is 7.51. The quantitative estimate of drug-likeness (QED) is 0.453. The highest BCUT2D eigenvalue weighted by molar-refractivity contribution is 6.07. The first-order chi connectivity index (χ1) is 11.7. The van der Waals surface area contributed by atoms with Gasteiger partial charge in [-0.25, -0.2) is 9.59 Å². The molecule has 0 aliphatic carbocycles. The zero-order valence-electron chi connectivity index (χ0n) is 15.0. The van der Waals surface area contributed by atoms with Gasteiger partial charge in [0.25, 0.3) is 0 Å². The summed E-state index contributed by atoms with van der Waals surface area (Å²) in [4.78, 5) is 35.9. The third-order valence-corrected chi connectivity index (χ3v) is 3.85. The maximum atomic E-state index is 12.2. The molecular weight excluding hydrogens is 324 g/mol. The van der Waals surface area contributed by atoms with E-state index in [2.05, 4.69) is 0 Å². The molecule has 1 heterocycles. The number of hydrogen-bond donors (Lipinski definition) is 0. The molecule has 1 aromatic heterocycles. The monoisotopic (exact) mass is 346 g/mol. The number of hydrogen-bond acceptors (Lipinski definition) is 6. The Balaban J connectivity index is 2.60. The topological polar surface area (TPSA) is 82.8 Å². The Hall–Kier alpha value is -2.63. The second-order valence-corrected chi connectivity index (χ2v) is 6.38. The zero-order chi connectivity index (χ0) is 18.7. The van der Waals surface area contributed by atoms with Gasteiger partial charge in [-0.2, -0.15) is 0 Å². The van der Waals surface area contributed by atoms with Crippen molar-refractivity contribution >= 4 is 22.7 Å². The minimum absolute atomic E-state index is 0.149. The van der Waals surface area contributed by atoms with E-state index in [0.29, 0.717) is 17.4 Å². The Morgan fingerprint density at radius 3 is 2.48 bits per heavy atom. The van der Waals surface area contributed by atoms with E-state index in [-0.39, 0.29) is 28.6 Å². The third-order valence-electron chi connectivity index (χ3n) is 3.85. The van der Waals surface area contributed by atoms with E-state index in [1.165, 1.54) is 20.1 Å². The van der Waals surface area contributed by atoms with Crippen LogP contribution in [0.15, 0.2) is 27.4 Å². The number of aryl methyl sites for hydroxylation is 1. The van der Waals surface area contributed by atoms with Crippen LogP contribution in [0.1, 0.15) is 43.1 Å². The number of carbonyl (C=O) groups excluding carboxylic acids is 2. The summed E-state index contributed by atoms with van der Waals surface area (Å²) in [5, 5.41) is 0.649. The second-order valence-electron chi connectivity index (χ2n) is 6.38. The molecule has 134 valence electrons. The molecule has 0 saturated carbocycles. The molecule has 0 bridgehead atoms. The lowest BCUT2D eigenvalue weighted by Crippen LogP contribution is -2.30. The van der Waals surface area contributed by atoms with Gasteiger partial charge < -0.3 is 13.9 Å². The fourth-order valence-electron chi connectivity index (χ4n) is 2.70. The number of fused-ring (bicyclic) bond motifs is 1. The summed E-state index contributed by atoms with van der Waals surface area (Å²) in [7, 11) is 1.29. The van der Waals surface area contributed by atoms with E-state index >= 15 is 0 Å². The molecule has 0 saturated heterocycles. The number of ketones is 1. The van der Waals surface area contributed by atoms with Crippen LogP contribution in [-0.4, -0.2) is 25.0 Å². The Bertz CT molecular complexity index is 862. The lowest BCUT2D eigenvalue weighted by molar-refractivity contribution is -0.149. The maximum absolute atomic E-state index is 12.2. The van der Waals surface area contributed by atoms with E-state index < -0.39 is 17.7 Å². The van der Waals surface area contributed by atoms with Crippen molar-refractivity contribution in [1.82, 2.24) is 0 Å². The summed E-state index contributed by atoms with van der Waals surface area (Å²) in [6, 6.07) is 4.68. The normalized spacial score (nSPS) is 12.2. The molecule has 2 rings (SSSR count). The first kappa shape index (κ1) is 18.7. The highest BCUT2D eigenvalue weighted by atomic mass is 16.6. The third kappa shape index (κ3) is 4.07. The van der Waals surface area contributed by atoms with E-state index in [4.69, 9.17) is 13.9 Å². The van der Waals surface area contributed by atoms with Crippen molar-refractivity contribution in [3.05, 3.63) is 39.7 Å². The predicted octanol–water partition coefficient (Wildman–Crippen LogP) is 3.27. The Morgan fingerprint density at radius 2 is 1.92 bits per heavy atom. The average molecular weight is 346 g/mol. The number of esters is 1.